The van der Waals surface area contributed by atoms with Crippen LogP contribution >= 0.6 is 82.0 Å². The first-order valence-corrected chi connectivity index (χ1v) is 56.8. The highest BCUT2D eigenvalue weighted by Gasteiger charge is 2.43. The Morgan fingerprint density at radius 2 is 0.696 bits per heavy atom. The highest BCUT2D eigenvalue weighted by Crippen LogP contribution is 2.54. The van der Waals surface area contributed by atoms with Crippen LogP contribution in [0.2, 0.25) is 0 Å². The van der Waals surface area contributed by atoms with Gasteiger partial charge in [0.1, 0.15) is 0 Å². The van der Waals surface area contributed by atoms with E-state index in [1.54, 1.807) is 58.2 Å². The summed E-state index contributed by atoms with van der Waals surface area (Å²) in [7, 11) is 8.09. The van der Waals surface area contributed by atoms with Crippen LogP contribution < -0.4 is 4.90 Å². The van der Waals surface area contributed by atoms with Gasteiger partial charge in [-0.1, -0.05) is 193 Å². The van der Waals surface area contributed by atoms with Crippen LogP contribution in [-0.4, -0.2) is 345 Å². The molecule has 2 N–H and O–H groups in total. The molecular formula is C108H137Cl2F3N12O6S7. The number of allylic oxidation sites excluding steroid dienone is 16. The van der Waals surface area contributed by atoms with E-state index in [4.69, 9.17) is 33.4 Å². The van der Waals surface area contributed by atoms with Crippen molar-refractivity contribution >= 4 is 130 Å². The summed E-state index contributed by atoms with van der Waals surface area (Å²) in [5.41, 5.74) is 10.9. The molecular weight excluding hydrogens is 1910 g/mol. The number of β-amino-alcohol motifs (C(OH)–C–C–N with tert-alkyl or cyclic N) is 2. The molecule has 138 heavy (non-hydrogen) atoms. The van der Waals surface area contributed by atoms with Gasteiger partial charge in [0.25, 0.3) is 0 Å². The third-order valence-corrected chi connectivity index (χ3v) is 38.7. The van der Waals surface area contributed by atoms with E-state index >= 15 is 0 Å². The molecule has 9 heterocycles. The molecule has 4 fully saturated rings. The molecule has 30 heteroatoms. The second-order valence-electron chi connectivity index (χ2n) is 37.9. The minimum absolute atomic E-state index is 0.000670. The van der Waals surface area contributed by atoms with Gasteiger partial charge in [-0.15, -0.1) is 58.8 Å². The number of rotatable bonds is 24. The number of fused-ring (bicyclic) bond motifs is 10. The maximum Gasteiger partial charge on any atom is 0.416 e. The molecule has 10 atom stereocenters. The predicted octanol–water partition coefficient (Wildman–Crippen LogP) is 18.3. The summed E-state index contributed by atoms with van der Waals surface area (Å²) in [4.78, 5) is 31.2. The van der Waals surface area contributed by atoms with Crippen molar-refractivity contribution in [3.05, 3.63) is 284 Å². The maximum atomic E-state index is 13.3. The normalized spacial score (nSPS) is 26.2. The second kappa shape index (κ2) is 50.0. The zero-order chi connectivity index (χ0) is 97.2. The van der Waals surface area contributed by atoms with Crippen LogP contribution in [0.25, 0.3) is 22.3 Å². The maximum absolute atomic E-state index is 13.3. The van der Waals surface area contributed by atoms with Gasteiger partial charge in [-0.3, -0.25) is 9.80 Å². The molecule has 0 saturated carbocycles. The number of alkyl halides is 3. The van der Waals surface area contributed by atoms with Gasteiger partial charge < -0.3 is 49.4 Å². The van der Waals surface area contributed by atoms with Crippen molar-refractivity contribution in [2.24, 2.45) is 23.7 Å². The van der Waals surface area contributed by atoms with Crippen LogP contribution in [0.5, 0.6) is 0 Å². The van der Waals surface area contributed by atoms with E-state index in [9.17, 15) is 30.0 Å². The van der Waals surface area contributed by atoms with E-state index in [1.165, 1.54) is 79.4 Å². The fraction of sp³-hybridized carbons (Fsp3) is 0.463. The number of hydrogen-bond acceptors (Lipinski definition) is 21. The van der Waals surface area contributed by atoms with Crippen molar-refractivity contribution in [2.75, 3.05) is 232 Å². The highest BCUT2D eigenvalue weighted by molar-refractivity contribution is 8.01. The lowest BCUT2D eigenvalue weighted by Gasteiger charge is -2.43. The number of aliphatic hydroxyl groups is 2. The number of likely N-dealkylation sites (N-methyl/N-ethyl adjacent to an activating group) is 2. The van der Waals surface area contributed by atoms with Gasteiger partial charge in [-0.05, 0) is 178 Å². The van der Waals surface area contributed by atoms with Crippen LogP contribution in [0.3, 0.4) is 0 Å². The molecule has 5 aliphatic carbocycles. The monoisotopic (exact) mass is 2050 g/mol. The third kappa shape index (κ3) is 27.5. The summed E-state index contributed by atoms with van der Waals surface area (Å²) in [6.45, 7) is 25.2. The van der Waals surface area contributed by atoms with Gasteiger partial charge >= 0.3 is 6.18 Å². The number of benzene rings is 5. The number of sulfonamides is 2. The fourth-order valence-electron chi connectivity index (χ4n) is 20.0. The molecule has 0 amide bonds. The van der Waals surface area contributed by atoms with Crippen molar-refractivity contribution in [3.8, 4) is 0 Å². The van der Waals surface area contributed by atoms with Gasteiger partial charge in [-0.25, -0.2) is 25.4 Å². The van der Waals surface area contributed by atoms with Crippen molar-refractivity contribution < 1.29 is 40.2 Å². The molecule has 9 aliphatic heterocycles. The van der Waals surface area contributed by atoms with Crippen LogP contribution in [0.1, 0.15) is 54.4 Å². The summed E-state index contributed by atoms with van der Waals surface area (Å²) in [5, 5.41) is 21.2. The van der Waals surface area contributed by atoms with Crippen LogP contribution in [-0.2, 0) is 20.0 Å². The SMILES string of the molecule is CN(C)CC/C=C1/c2ccccc2SC2C=CC(Cl)=CC12.CN1CCN(CC/C=C2/c3ccccc3SC3C=CC(S(=O)(=O)N(C)C)=CC23)CC1.CN1CCN(CCCN2c3ccccc3SC3C=CC(S(=O)(=O)N(C)C)=CC32)CC1.OCCN1CCN(CC/C=C2/c3ccccc3SC3C=CC(C(F)(F)F)=CC23)CC1.OCCN1CCN(CC/C=C2/c3ccccc3SC3C=CC(Cl)=CC23)CC1. The topological polar surface area (TPSA) is 148 Å². The summed E-state index contributed by atoms with van der Waals surface area (Å²) in [6.07, 6.45) is 39.0. The molecule has 5 aromatic carbocycles. The Morgan fingerprint density at radius 3 is 1.09 bits per heavy atom. The lowest BCUT2D eigenvalue weighted by Crippen LogP contribution is -2.47. The van der Waals surface area contributed by atoms with E-state index in [0.29, 0.717) is 32.1 Å². The summed E-state index contributed by atoms with van der Waals surface area (Å²) >= 11 is 21.8. The lowest BCUT2D eigenvalue weighted by atomic mass is 9.84. The molecule has 0 aromatic heterocycles. The minimum Gasteiger partial charge on any atom is -0.395 e. The van der Waals surface area contributed by atoms with E-state index in [0.717, 1.165) is 215 Å². The Balaban J connectivity index is 0.000000131. The molecule has 19 rings (SSSR count). The standard InChI is InChI=1S/C23H27F3N2OS.C23H31N3O2S2.C22H27ClN2OS.C22H32N4O2S2.C18H20ClNS/c24-23(25,26)17-7-8-22-20(16-17)18(19-4-1-2-6-21(19)30-22)5-3-9-27-10-12-28(13-11-27)14-15-29;1-24(2)30(27,28)18-10-11-23-21(17-18)19(20-7-4-5-9-22(20)29-23)8-6-12-26-15-13-25(3)14-16-26;23-17-7-8-22-20(16-17)18(19-4-1-2-6-21(19)27-22)5-3-9-24-10-12-25(13-11-24)14-15-26;1-23(2)30(27,28)18-9-10-22-20(17-18)26(19-7-4-5-8-21(19)29-22)12-6-11-25-15-13-24(3)14-16-25;1-20(2)11-5-7-14-15-6-3-4-8-17(15)21-18-10-9-13(19)12-16(14)18/h1-2,4-8,16,20,22,29H,3,9-15H2;4-5,7-11,17,21,23H,6,12-16H2,1-3H3;1-2,4-8,16,20,22,26H,3,9-15H2;4-5,7-10,17,20,22H,6,11-16H2,1-3H3;3-4,6-10,12,16,18H,5,11H2,1-2H3/b18-5-;19-8-;18-5-;;14-7-. The lowest BCUT2D eigenvalue weighted by molar-refractivity contribution is -0.0887. The first kappa shape index (κ1) is 106. The van der Waals surface area contributed by atoms with E-state index < -0.39 is 31.8 Å². The molecule has 18 nitrogen and oxygen atoms in total. The Bertz CT molecular complexity index is 5700. The molecule has 742 valence electrons. The molecule has 0 bridgehead atoms. The first-order valence-electron chi connectivity index (χ1n) is 48.7. The molecule has 10 unspecified atom stereocenters. The van der Waals surface area contributed by atoms with Crippen molar-refractivity contribution in [2.45, 2.75) is 95.0 Å². The Hall–Kier alpha value is -6.24. The summed E-state index contributed by atoms with van der Waals surface area (Å²) in [6, 6.07) is 42.5. The molecule has 0 radical (unpaired) electrons. The van der Waals surface area contributed by atoms with Crippen LogP contribution in [0, 0.1) is 23.7 Å². The average molecular weight is 2050 g/mol. The fourth-order valence-corrected chi connectivity index (χ4v) is 28.8. The Labute approximate surface area is 850 Å². The molecule has 4 saturated heterocycles. The first-order chi connectivity index (χ1) is 66.6. The van der Waals surface area contributed by atoms with Gasteiger partial charge in [0.05, 0.1) is 45.6 Å². The van der Waals surface area contributed by atoms with Crippen molar-refractivity contribution in [1.29, 1.82) is 0 Å². The minimum atomic E-state index is -4.32. The molecule has 5 aromatic rings. The van der Waals surface area contributed by atoms with Gasteiger partial charge in [-0.2, -0.15) is 13.2 Å². The summed E-state index contributed by atoms with van der Waals surface area (Å²) < 4.78 is 93.5. The number of anilines is 1. The van der Waals surface area contributed by atoms with Gasteiger partial charge in [0.2, 0.25) is 20.0 Å². The quantitative estimate of drug-likeness (QED) is 0.0603. The van der Waals surface area contributed by atoms with Crippen molar-refractivity contribution in [3.63, 3.8) is 0 Å². The van der Waals surface area contributed by atoms with E-state index in [2.05, 4.69) is 241 Å². The number of nitrogens with zero attached hydrogens (tertiary/aromatic N) is 12. The number of thioether (sulfide) groups is 5. The second-order valence-corrected chi connectivity index (χ2v) is 49.2. The number of para-hydroxylation sites is 1. The zero-order valence-corrected chi connectivity index (χ0v) is 88.1. The number of aliphatic hydroxyl groups excluding tert-OH is 2. The Kier molecular flexibility index (Phi) is 38.4. The van der Waals surface area contributed by atoms with E-state index in [-0.39, 0.29) is 46.8 Å². The number of hydrogen-bond donors (Lipinski definition) is 2. The van der Waals surface area contributed by atoms with Crippen molar-refractivity contribution in [1.82, 2.24) is 52.7 Å². The van der Waals surface area contributed by atoms with Crippen LogP contribution in [0.15, 0.2) is 287 Å². The van der Waals surface area contributed by atoms with Gasteiger partial charge in [0.15, 0.2) is 0 Å². The van der Waals surface area contributed by atoms with Gasteiger partial charge in [0, 0.05) is 258 Å². The zero-order valence-electron chi connectivity index (χ0n) is 80.9. The molecule has 0 spiro atoms. The largest absolute Gasteiger partial charge is 0.416 e. The predicted molar refractivity (Wildman–Crippen MR) is 576 cm³/mol. The third-order valence-electron chi connectivity index (χ3n) is 27.9. The van der Waals surface area contributed by atoms with Crippen LogP contribution in [0.4, 0.5) is 18.9 Å². The average Bonchev–Trinajstić information content (AvgIpc) is 0.933. The Morgan fingerprint density at radius 1 is 0.377 bits per heavy atom. The van der Waals surface area contributed by atoms with E-state index in [1.807, 2.05) is 89.6 Å². The number of piperazine rings is 4. The number of halogens is 5. The summed E-state index contributed by atoms with van der Waals surface area (Å²) in [5.74, 6) is 0.577. The highest BCUT2D eigenvalue weighted by atomic mass is 35.5. The molecule has 14 aliphatic rings. The smallest absolute Gasteiger partial charge is 0.395 e.